The zero-order chi connectivity index (χ0) is 18.4. The van der Waals surface area contributed by atoms with E-state index in [2.05, 4.69) is 56.9 Å². The molecule has 1 aliphatic rings. The van der Waals surface area contributed by atoms with Gasteiger partial charge in [-0.2, -0.15) is 5.10 Å². The van der Waals surface area contributed by atoms with Crippen LogP contribution >= 0.6 is 38.9 Å². The molecule has 3 aromatic heterocycles. The molecule has 0 aromatic carbocycles. The van der Waals surface area contributed by atoms with Crippen LogP contribution in [0.25, 0.3) is 10.2 Å². The van der Waals surface area contributed by atoms with Crippen molar-refractivity contribution in [2.75, 3.05) is 11.4 Å². The van der Waals surface area contributed by atoms with E-state index in [0.29, 0.717) is 5.92 Å². The number of halogens is 2. The number of aryl methyl sites for hydroxylation is 1. The number of thiophene rings is 1. The molecular weight excluding hydrogens is 434 g/mol. The average molecular weight is 455 g/mol. The summed E-state index contributed by atoms with van der Waals surface area (Å²) in [4.78, 5) is 12.4. The molecule has 0 amide bonds. The SMILES string of the molecule is Cc1nn(CC(C)C)c(Cl)c1C1CCCN1c1ncnc2scc(Br)c12. The van der Waals surface area contributed by atoms with Crippen molar-refractivity contribution in [1.29, 1.82) is 0 Å². The summed E-state index contributed by atoms with van der Waals surface area (Å²) in [6.45, 7) is 8.22. The van der Waals surface area contributed by atoms with Crippen LogP contribution in [0, 0.1) is 12.8 Å². The lowest BCUT2D eigenvalue weighted by Crippen LogP contribution is -2.24. The Balaban J connectivity index is 1.78. The Hall–Kier alpha value is -1.18. The van der Waals surface area contributed by atoms with Crippen LogP contribution in [0.2, 0.25) is 5.15 Å². The first-order valence-corrected chi connectivity index (χ1v) is 10.9. The van der Waals surface area contributed by atoms with Crippen LogP contribution in [-0.2, 0) is 6.54 Å². The standard InChI is InChI=1S/C18H21BrClN5S/c1-10(2)7-25-16(20)14(11(3)23-25)13-5-4-6-24(13)17-15-12(19)8-26-18(15)22-9-21-17/h8-10,13H,4-7H2,1-3H3. The predicted molar refractivity (Wildman–Crippen MR) is 111 cm³/mol. The van der Waals surface area contributed by atoms with Crippen molar-refractivity contribution >= 4 is 54.9 Å². The first kappa shape index (κ1) is 18.2. The molecule has 1 atom stereocenters. The molecule has 8 heteroatoms. The number of aromatic nitrogens is 4. The molecule has 3 aromatic rings. The van der Waals surface area contributed by atoms with Crippen molar-refractivity contribution in [2.45, 2.75) is 46.2 Å². The van der Waals surface area contributed by atoms with E-state index < -0.39 is 0 Å². The van der Waals surface area contributed by atoms with E-state index in [9.17, 15) is 0 Å². The highest BCUT2D eigenvalue weighted by atomic mass is 79.9. The molecule has 4 heterocycles. The van der Waals surface area contributed by atoms with Crippen molar-refractivity contribution in [3.63, 3.8) is 0 Å². The van der Waals surface area contributed by atoms with E-state index >= 15 is 0 Å². The molecule has 1 aliphatic heterocycles. The smallest absolute Gasteiger partial charge is 0.142 e. The van der Waals surface area contributed by atoms with Crippen LogP contribution in [0.15, 0.2) is 16.2 Å². The van der Waals surface area contributed by atoms with Gasteiger partial charge in [0.2, 0.25) is 0 Å². The average Bonchev–Trinajstić information content (AvgIpc) is 3.27. The predicted octanol–water partition coefficient (Wildman–Crippen LogP) is 5.61. The minimum Gasteiger partial charge on any atom is -0.349 e. The van der Waals surface area contributed by atoms with Crippen molar-refractivity contribution in [2.24, 2.45) is 5.92 Å². The van der Waals surface area contributed by atoms with Crippen molar-refractivity contribution < 1.29 is 0 Å². The second kappa shape index (κ2) is 7.09. The van der Waals surface area contributed by atoms with Gasteiger partial charge in [-0.1, -0.05) is 25.4 Å². The number of rotatable bonds is 4. The minimum atomic E-state index is 0.202. The summed E-state index contributed by atoms with van der Waals surface area (Å²) in [6, 6.07) is 0.202. The highest BCUT2D eigenvalue weighted by Gasteiger charge is 2.33. The molecule has 0 bridgehead atoms. The number of anilines is 1. The van der Waals surface area contributed by atoms with Gasteiger partial charge >= 0.3 is 0 Å². The first-order chi connectivity index (χ1) is 12.5. The highest BCUT2D eigenvalue weighted by molar-refractivity contribution is 9.10. The van der Waals surface area contributed by atoms with Gasteiger partial charge in [-0.3, -0.25) is 4.68 Å². The van der Waals surface area contributed by atoms with Crippen LogP contribution in [-0.4, -0.2) is 26.3 Å². The maximum atomic E-state index is 6.77. The van der Waals surface area contributed by atoms with Crippen LogP contribution in [0.4, 0.5) is 5.82 Å². The monoisotopic (exact) mass is 453 g/mol. The maximum absolute atomic E-state index is 6.77. The molecule has 0 spiro atoms. The zero-order valence-electron chi connectivity index (χ0n) is 15.0. The molecule has 1 saturated heterocycles. The third kappa shape index (κ3) is 3.04. The normalized spacial score (nSPS) is 17.8. The number of fused-ring (bicyclic) bond motifs is 1. The van der Waals surface area contributed by atoms with Gasteiger partial charge in [0, 0.05) is 28.5 Å². The first-order valence-electron chi connectivity index (χ1n) is 8.84. The molecule has 5 nitrogen and oxygen atoms in total. The molecular formula is C18H21BrClN5S. The summed E-state index contributed by atoms with van der Waals surface area (Å²) in [7, 11) is 0. The Bertz CT molecular complexity index is 951. The molecule has 1 unspecified atom stereocenters. The maximum Gasteiger partial charge on any atom is 0.142 e. The summed E-state index contributed by atoms with van der Waals surface area (Å²) in [5.74, 6) is 1.49. The molecule has 138 valence electrons. The Morgan fingerprint density at radius 1 is 1.38 bits per heavy atom. The van der Waals surface area contributed by atoms with Crippen molar-refractivity contribution in [3.8, 4) is 0 Å². The van der Waals surface area contributed by atoms with E-state index in [1.807, 2.05) is 4.68 Å². The lowest BCUT2D eigenvalue weighted by Gasteiger charge is -2.26. The van der Waals surface area contributed by atoms with Gasteiger partial charge in [0.05, 0.1) is 17.1 Å². The number of hydrogen-bond donors (Lipinski definition) is 0. The summed E-state index contributed by atoms with van der Waals surface area (Å²) in [6.07, 6.45) is 3.83. The largest absolute Gasteiger partial charge is 0.349 e. The van der Waals surface area contributed by atoms with Crippen LogP contribution < -0.4 is 4.90 Å². The van der Waals surface area contributed by atoms with E-state index in [1.165, 1.54) is 0 Å². The second-order valence-electron chi connectivity index (χ2n) is 7.18. The molecule has 0 N–H and O–H groups in total. The second-order valence-corrected chi connectivity index (χ2v) is 9.25. The fourth-order valence-corrected chi connectivity index (χ4v) is 5.68. The van der Waals surface area contributed by atoms with E-state index in [-0.39, 0.29) is 6.04 Å². The van der Waals surface area contributed by atoms with Gasteiger partial charge in [0.25, 0.3) is 0 Å². The Morgan fingerprint density at radius 3 is 2.96 bits per heavy atom. The molecule has 0 radical (unpaired) electrons. The van der Waals surface area contributed by atoms with Gasteiger partial charge < -0.3 is 4.90 Å². The fourth-order valence-electron chi connectivity index (χ4n) is 3.78. The van der Waals surface area contributed by atoms with Gasteiger partial charge in [0.1, 0.15) is 22.1 Å². The minimum absolute atomic E-state index is 0.202. The highest BCUT2D eigenvalue weighted by Crippen LogP contribution is 2.44. The Kier molecular flexibility index (Phi) is 4.96. The van der Waals surface area contributed by atoms with Gasteiger partial charge in [-0.15, -0.1) is 11.3 Å². The molecule has 4 rings (SSSR count). The molecule has 0 saturated carbocycles. The van der Waals surface area contributed by atoms with Crippen LogP contribution in [0.1, 0.15) is 44.0 Å². The van der Waals surface area contributed by atoms with Crippen molar-refractivity contribution in [3.05, 3.63) is 32.6 Å². The number of nitrogens with zero attached hydrogens (tertiary/aromatic N) is 5. The lowest BCUT2D eigenvalue weighted by atomic mass is 10.1. The summed E-state index contributed by atoms with van der Waals surface area (Å²) < 4.78 is 3.00. The third-order valence-electron chi connectivity index (χ3n) is 4.81. The van der Waals surface area contributed by atoms with Crippen LogP contribution in [0.3, 0.4) is 0 Å². The summed E-state index contributed by atoms with van der Waals surface area (Å²) in [5, 5.41) is 8.64. The fraction of sp³-hybridized carbons (Fsp3) is 0.500. The molecule has 0 aliphatic carbocycles. The topological polar surface area (TPSA) is 46.8 Å². The summed E-state index contributed by atoms with van der Waals surface area (Å²) >= 11 is 12.1. The zero-order valence-corrected chi connectivity index (χ0v) is 18.2. The Labute approximate surface area is 170 Å². The van der Waals surface area contributed by atoms with Crippen molar-refractivity contribution in [1.82, 2.24) is 19.7 Å². The van der Waals surface area contributed by atoms with E-state index in [0.717, 1.165) is 62.8 Å². The lowest BCUT2D eigenvalue weighted by molar-refractivity contribution is 0.481. The Morgan fingerprint density at radius 2 is 2.19 bits per heavy atom. The van der Waals surface area contributed by atoms with Gasteiger partial charge in [-0.05, 0) is 41.6 Å². The van der Waals surface area contributed by atoms with E-state index in [4.69, 9.17) is 16.7 Å². The van der Waals surface area contributed by atoms with Gasteiger partial charge in [-0.25, -0.2) is 9.97 Å². The molecule has 26 heavy (non-hydrogen) atoms. The molecule has 1 fully saturated rings. The third-order valence-corrected chi connectivity index (χ3v) is 7.02. The summed E-state index contributed by atoms with van der Waals surface area (Å²) in [5.41, 5.74) is 2.16. The quantitative estimate of drug-likeness (QED) is 0.514. The van der Waals surface area contributed by atoms with Gasteiger partial charge in [0.15, 0.2) is 0 Å². The van der Waals surface area contributed by atoms with Crippen LogP contribution in [0.5, 0.6) is 0 Å². The van der Waals surface area contributed by atoms with E-state index in [1.54, 1.807) is 17.7 Å². The number of hydrogen-bond acceptors (Lipinski definition) is 5.